The molecule has 0 bridgehead atoms. The van der Waals surface area contributed by atoms with E-state index in [4.69, 9.17) is 11.6 Å². The monoisotopic (exact) mass is 406 g/mol. The van der Waals surface area contributed by atoms with Gasteiger partial charge in [0.2, 0.25) is 0 Å². The van der Waals surface area contributed by atoms with Crippen molar-refractivity contribution in [2.45, 2.75) is 17.2 Å². The topological polar surface area (TPSA) is 58.2 Å². The smallest absolute Gasteiger partial charge is 0.271 e. The van der Waals surface area contributed by atoms with E-state index in [1.54, 1.807) is 6.07 Å². The maximum atomic E-state index is 12.3. The Kier molecular flexibility index (Phi) is 4.29. The molecule has 0 aliphatic carbocycles. The summed E-state index contributed by atoms with van der Waals surface area (Å²) in [6.45, 7) is 1.72. The zero-order chi connectivity index (χ0) is 15.0. The van der Waals surface area contributed by atoms with Crippen molar-refractivity contribution in [1.82, 2.24) is 5.32 Å². The summed E-state index contributed by atoms with van der Waals surface area (Å²) in [6.07, 6.45) is 0.968. The highest BCUT2D eigenvalue weighted by Crippen LogP contribution is 2.35. The fraction of sp³-hybridized carbons (Fsp3) is 0.231. The molecule has 3 rings (SSSR count). The standard InChI is InChI=1S/C13H12BrClN2O2S2/c14-13-11(15)6-12(20-13)21(18,19)17-10-2-1-8-3-4-16-7-9(8)5-10/h1-2,5-6,16-17H,3-4,7H2. The van der Waals surface area contributed by atoms with E-state index in [9.17, 15) is 8.42 Å². The van der Waals surface area contributed by atoms with Gasteiger partial charge in [-0.2, -0.15) is 0 Å². The molecule has 0 atom stereocenters. The van der Waals surface area contributed by atoms with Crippen molar-refractivity contribution in [1.29, 1.82) is 0 Å². The average Bonchev–Trinajstić information content (AvgIpc) is 2.79. The van der Waals surface area contributed by atoms with Gasteiger partial charge in [0.1, 0.15) is 4.21 Å². The third-order valence-corrected chi connectivity index (χ3v) is 7.56. The summed E-state index contributed by atoms with van der Waals surface area (Å²) in [7, 11) is -3.61. The Morgan fingerprint density at radius 2 is 2.10 bits per heavy atom. The fourth-order valence-corrected chi connectivity index (χ4v) is 5.66. The number of nitrogens with one attached hydrogen (secondary N) is 2. The van der Waals surface area contributed by atoms with Crippen LogP contribution >= 0.6 is 38.9 Å². The second-order valence-electron chi connectivity index (χ2n) is 4.70. The zero-order valence-electron chi connectivity index (χ0n) is 10.8. The molecule has 4 nitrogen and oxygen atoms in total. The van der Waals surface area contributed by atoms with Crippen molar-refractivity contribution in [3.63, 3.8) is 0 Å². The summed E-state index contributed by atoms with van der Waals surface area (Å²) in [5.74, 6) is 0. The van der Waals surface area contributed by atoms with E-state index in [0.29, 0.717) is 14.5 Å². The fourth-order valence-electron chi connectivity index (χ4n) is 2.21. The molecule has 2 N–H and O–H groups in total. The minimum absolute atomic E-state index is 0.190. The van der Waals surface area contributed by atoms with Gasteiger partial charge in [-0.3, -0.25) is 4.72 Å². The van der Waals surface area contributed by atoms with Crippen molar-refractivity contribution >= 4 is 54.6 Å². The lowest BCUT2D eigenvalue weighted by molar-refractivity contribution is 0.603. The minimum Gasteiger partial charge on any atom is -0.312 e. The Bertz CT molecular complexity index is 770. The van der Waals surface area contributed by atoms with Gasteiger partial charge < -0.3 is 5.32 Å². The summed E-state index contributed by atoms with van der Waals surface area (Å²) < 4.78 is 28.1. The highest BCUT2D eigenvalue weighted by atomic mass is 79.9. The third-order valence-electron chi connectivity index (χ3n) is 3.23. The quantitative estimate of drug-likeness (QED) is 0.817. The molecule has 1 aromatic heterocycles. The molecular weight excluding hydrogens is 396 g/mol. The average molecular weight is 408 g/mol. The first kappa shape index (κ1) is 15.3. The van der Waals surface area contributed by atoms with E-state index < -0.39 is 10.0 Å². The van der Waals surface area contributed by atoms with E-state index in [1.165, 1.54) is 11.6 Å². The van der Waals surface area contributed by atoms with Crippen molar-refractivity contribution in [3.8, 4) is 0 Å². The first-order valence-corrected chi connectivity index (χ1v) is 9.73. The molecular formula is C13H12BrClN2O2S2. The van der Waals surface area contributed by atoms with Crippen LogP contribution in [0.1, 0.15) is 11.1 Å². The third kappa shape index (κ3) is 3.27. The number of rotatable bonds is 3. The number of benzene rings is 1. The summed E-state index contributed by atoms with van der Waals surface area (Å²) in [6, 6.07) is 7.10. The molecule has 2 aromatic rings. The van der Waals surface area contributed by atoms with Gasteiger partial charge in [0.25, 0.3) is 10.0 Å². The zero-order valence-corrected chi connectivity index (χ0v) is 14.8. The maximum Gasteiger partial charge on any atom is 0.271 e. The Morgan fingerprint density at radius 3 is 2.81 bits per heavy atom. The molecule has 0 spiro atoms. The highest BCUT2D eigenvalue weighted by molar-refractivity contribution is 9.11. The number of thiophene rings is 1. The Morgan fingerprint density at radius 1 is 1.29 bits per heavy atom. The number of sulfonamides is 1. The van der Waals surface area contributed by atoms with E-state index in [-0.39, 0.29) is 4.21 Å². The number of fused-ring (bicyclic) bond motifs is 1. The van der Waals surface area contributed by atoms with E-state index in [0.717, 1.165) is 36.4 Å². The molecule has 2 heterocycles. The number of hydrogen-bond donors (Lipinski definition) is 2. The van der Waals surface area contributed by atoms with Gasteiger partial charge in [0.05, 0.1) is 8.81 Å². The predicted octanol–water partition coefficient (Wildman–Crippen LogP) is 3.61. The lowest BCUT2D eigenvalue weighted by atomic mass is 10.0. The van der Waals surface area contributed by atoms with Crippen LogP contribution < -0.4 is 10.0 Å². The van der Waals surface area contributed by atoms with Crippen molar-refractivity contribution in [3.05, 3.63) is 44.2 Å². The molecule has 0 fully saturated rings. The molecule has 8 heteroatoms. The largest absolute Gasteiger partial charge is 0.312 e. The summed E-state index contributed by atoms with van der Waals surface area (Å²) in [5, 5.41) is 3.67. The highest BCUT2D eigenvalue weighted by Gasteiger charge is 2.20. The minimum atomic E-state index is -3.61. The summed E-state index contributed by atoms with van der Waals surface area (Å²) in [5.41, 5.74) is 2.96. The molecule has 1 aliphatic heterocycles. The molecule has 1 aromatic carbocycles. The van der Waals surface area contributed by atoms with Gasteiger partial charge in [-0.05, 0) is 58.2 Å². The Balaban J connectivity index is 1.88. The van der Waals surface area contributed by atoms with Crippen LogP contribution in [0.2, 0.25) is 5.02 Å². The molecule has 112 valence electrons. The Hall–Kier alpha value is -0.600. The predicted molar refractivity (Wildman–Crippen MR) is 89.7 cm³/mol. The second-order valence-corrected chi connectivity index (χ2v) is 9.39. The van der Waals surface area contributed by atoms with Crippen LogP contribution in [0.5, 0.6) is 0 Å². The SMILES string of the molecule is O=S(=O)(Nc1ccc2c(c1)CNCC2)c1cc(Cl)c(Br)s1. The first-order chi connectivity index (χ1) is 9.95. The molecule has 0 amide bonds. The maximum absolute atomic E-state index is 12.3. The molecule has 1 aliphatic rings. The number of anilines is 1. The van der Waals surface area contributed by atoms with Crippen LogP contribution in [0.3, 0.4) is 0 Å². The van der Waals surface area contributed by atoms with Crippen LogP contribution in [0, 0.1) is 0 Å². The van der Waals surface area contributed by atoms with Crippen molar-refractivity contribution < 1.29 is 8.42 Å². The van der Waals surface area contributed by atoms with E-state index in [1.807, 2.05) is 12.1 Å². The van der Waals surface area contributed by atoms with Crippen LogP contribution in [0.25, 0.3) is 0 Å². The molecule has 0 saturated carbocycles. The number of hydrogen-bond acceptors (Lipinski definition) is 4. The van der Waals surface area contributed by atoms with Crippen LogP contribution in [-0.2, 0) is 23.0 Å². The van der Waals surface area contributed by atoms with Crippen LogP contribution in [0.15, 0.2) is 32.3 Å². The number of halogens is 2. The molecule has 21 heavy (non-hydrogen) atoms. The molecule has 0 radical (unpaired) electrons. The Labute approximate surface area is 140 Å². The molecule has 0 unspecified atom stereocenters. The van der Waals surface area contributed by atoms with Gasteiger partial charge in [-0.1, -0.05) is 17.7 Å². The van der Waals surface area contributed by atoms with Gasteiger partial charge in [0.15, 0.2) is 0 Å². The normalized spacial score (nSPS) is 14.8. The molecule has 0 saturated heterocycles. The van der Waals surface area contributed by atoms with Crippen LogP contribution in [-0.4, -0.2) is 15.0 Å². The first-order valence-electron chi connectivity index (χ1n) is 6.26. The van der Waals surface area contributed by atoms with Crippen LogP contribution in [0.4, 0.5) is 5.69 Å². The lowest BCUT2D eigenvalue weighted by Gasteiger charge is -2.18. The van der Waals surface area contributed by atoms with Gasteiger partial charge in [-0.25, -0.2) is 8.42 Å². The van der Waals surface area contributed by atoms with Crippen molar-refractivity contribution in [2.75, 3.05) is 11.3 Å². The summed E-state index contributed by atoms with van der Waals surface area (Å²) in [4.78, 5) is 0. The summed E-state index contributed by atoms with van der Waals surface area (Å²) >= 11 is 10.2. The van der Waals surface area contributed by atoms with Gasteiger partial charge in [-0.15, -0.1) is 11.3 Å². The van der Waals surface area contributed by atoms with Gasteiger partial charge >= 0.3 is 0 Å². The second kappa shape index (κ2) is 5.89. The van der Waals surface area contributed by atoms with E-state index in [2.05, 4.69) is 26.0 Å². The van der Waals surface area contributed by atoms with E-state index >= 15 is 0 Å². The lowest BCUT2D eigenvalue weighted by Crippen LogP contribution is -2.23. The van der Waals surface area contributed by atoms with Gasteiger partial charge in [0, 0.05) is 12.2 Å². The van der Waals surface area contributed by atoms with Crippen molar-refractivity contribution in [2.24, 2.45) is 0 Å².